The van der Waals surface area contributed by atoms with Crippen molar-refractivity contribution in [2.45, 2.75) is 0 Å². The molecular formula is C48H29NS2. The van der Waals surface area contributed by atoms with Crippen LogP contribution in [0.5, 0.6) is 0 Å². The van der Waals surface area contributed by atoms with Crippen molar-refractivity contribution in [2.75, 3.05) is 4.90 Å². The molecule has 0 N–H and O–H groups in total. The number of hydrogen-bond acceptors (Lipinski definition) is 3. The Morgan fingerprint density at radius 1 is 0.294 bits per heavy atom. The molecule has 0 atom stereocenters. The number of anilines is 3. The van der Waals surface area contributed by atoms with Crippen LogP contribution in [0.1, 0.15) is 0 Å². The molecule has 238 valence electrons. The van der Waals surface area contributed by atoms with E-state index in [1.165, 1.54) is 101 Å². The topological polar surface area (TPSA) is 3.24 Å². The molecule has 51 heavy (non-hydrogen) atoms. The Balaban J connectivity index is 1.24. The molecule has 0 saturated heterocycles. The highest BCUT2D eigenvalue weighted by Gasteiger charge is 2.24. The molecule has 11 aromatic rings. The predicted molar refractivity (Wildman–Crippen MR) is 225 cm³/mol. The van der Waals surface area contributed by atoms with E-state index in [1.807, 2.05) is 22.7 Å². The van der Waals surface area contributed by atoms with Gasteiger partial charge in [0.2, 0.25) is 0 Å². The number of thiophene rings is 2. The molecule has 0 saturated carbocycles. The van der Waals surface area contributed by atoms with Crippen LogP contribution in [-0.2, 0) is 0 Å². The smallest absolute Gasteiger partial charge is 0.0641 e. The molecule has 1 nitrogen and oxygen atoms in total. The molecule has 0 bridgehead atoms. The van der Waals surface area contributed by atoms with Crippen molar-refractivity contribution in [2.24, 2.45) is 0 Å². The molecule has 0 spiro atoms. The summed E-state index contributed by atoms with van der Waals surface area (Å²) in [6.07, 6.45) is 0. The van der Waals surface area contributed by atoms with Gasteiger partial charge in [0.25, 0.3) is 0 Å². The predicted octanol–water partition coefficient (Wildman–Crippen LogP) is 15.0. The minimum atomic E-state index is 1.18. The third kappa shape index (κ3) is 4.32. The first-order valence-electron chi connectivity index (χ1n) is 17.4. The molecule has 0 radical (unpaired) electrons. The van der Waals surface area contributed by atoms with Gasteiger partial charge >= 0.3 is 0 Å². The molecule has 0 fully saturated rings. The van der Waals surface area contributed by atoms with E-state index in [0.29, 0.717) is 0 Å². The molecule has 9 aromatic carbocycles. The summed E-state index contributed by atoms with van der Waals surface area (Å²) in [5.41, 5.74) is 6.09. The van der Waals surface area contributed by atoms with Gasteiger partial charge < -0.3 is 4.90 Å². The molecule has 0 aliphatic heterocycles. The second kappa shape index (κ2) is 11.3. The Morgan fingerprint density at radius 3 is 1.39 bits per heavy atom. The molecule has 2 aromatic heterocycles. The Morgan fingerprint density at radius 2 is 0.765 bits per heavy atom. The molecule has 3 heteroatoms. The van der Waals surface area contributed by atoms with E-state index in [4.69, 9.17) is 0 Å². The third-order valence-electron chi connectivity index (χ3n) is 10.4. The van der Waals surface area contributed by atoms with Crippen LogP contribution in [0.15, 0.2) is 176 Å². The largest absolute Gasteiger partial charge is 0.307 e. The third-order valence-corrected chi connectivity index (χ3v) is 12.9. The second-order valence-electron chi connectivity index (χ2n) is 13.2. The van der Waals surface area contributed by atoms with Crippen LogP contribution in [0.2, 0.25) is 0 Å². The minimum Gasteiger partial charge on any atom is -0.307 e. The van der Waals surface area contributed by atoms with Gasteiger partial charge in [0.05, 0.1) is 26.5 Å². The van der Waals surface area contributed by atoms with Gasteiger partial charge in [-0.2, -0.15) is 0 Å². The number of rotatable bonds is 4. The van der Waals surface area contributed by atoms with Crippen LogP contribution in [-0.4, -0.2) is 0 Å². The quantitative estimate of drug-likeness (QED) is 0.167. The van der Waals surface area contributed by atoms with Gasteiger partial charge in [-0.05, 0) is 74.5 Å². The van der Waals surface area contributed by atoms with Crippen molar-refractivity contribution < 1.29 is 0 Å². The minimum absolute atomic E-state index is 1.18. The highest BCUT2D eigenvalue weighted by atomic mass is 32.1. The lowest BCUT2D eigenvalue weighted by Gasteiger charge is -2.28. The van der Waals surface area contributed by atoms with E-state index in [-0.39, 0.29) is 0 Å². The Hall–Kier alpha value is -6.00. The highest BCUT2D eigenvalue weighted by molar-refractivity contribution is 7.27. The molecule has 0 aliphatic carbocycles. The summed E-state index contributed by atoms with van der Waals surface area (Å²) in [4.78, 5) is 2.54. The van der Waals surface area contributed by atoms with Crippen LogP contribution in [0, 0.1) is 0 Å². The first-order chi connectivity index (χ1) is 25.3. The summed E-state index contributed by atoms with van der Waals surface area (Å²) < 4.78 is 5.21. The molecule has 0 unspecified atom stereocenters. The average Bonchev–Trinajstić information content (AvgIpc) is 3.77. The average molecular weight is 684 g/mol. The maximum atomic E-state index is 2.54. The zero-order valence-electron chi connectivity index (χ0n) is 27.5. The molecular weight excluding hydrogens is 655 g/mol. The maximum absolute atomic E-state index is 2.54. The van der Waals surface area contributed by atoms with Gasteiger partial charge in [-0.3, -0.25) is 0 Å². The number of benzene rings is 9. The first kappa shape index (κ1) is 28.8. The van der Waals surface area contributed by atoms with Gasteiger partial charge in [0, 0.05) is 36.3 Å². The second-order valence-corrected chi connectivity index (χ2v) is 15.3. The summed E-state index contributed by atoms with van der Waals surface area (Å²) in [5.74, 6) is 0. The number of nitrogens with zero attached hydrogens (tertiary/aromatic N) is 1. The van der Waals surface area contributed by atoms with Gasteiger partial charge in [0.15, 0.2) is 0 Å². The van der Waals surface area contributed by atoms with E-state index in [0.717, 1.165) is 0 Å². The Kier molecular flexibility index (Phi) is 6.36. The van der Waals surface area contributed by atoms with Gasteiger partial charge in [-0.25, -0.2) is 0 Å². The van der Waals surface area contributed by atoms with E-state index < -0.39 is 0 Å². The van der Waals surface area contributed by atoms with E-state index in [1.54, 1.807) is 0 Å². The maximum Gasteiger partial charge on any atom is 0.0641 e. The van der Waals surface area contributed by atoms with Crippen molar-refractivity contribution in [1.82, 2.24) is 0 Å². The van der Waals surface area contributed by atoms with E-state index in [9.17, 15) is 0 Å². The van der Waals surface area contributed by atoms with Crippen molar-refractivity contribution in [3.63, 3.8) is 0 Å². The summed E-state index contributed by atoms with van der Waals surface area (Å²) in [5, 5.41) is 12.8. The van der Waals surface area contributed by atoms with Crippen molar-refractivity contribution >= 4 is 112 Å². The van der Waals surface area contributed by atoms with E-state index in [2.05, 4.69) is 181 Å². The first-order valence-corrected chi connectivity index (χ1v) is 19.0. The fourth-order valence-corrected chi connectivity index (χ4v) is 10.6. The summed E-state index contributed by atoms with van der Waals surface area (Å²) in [6, 6.07) is 64.9. The van der Waals surface area contributed by atoms with Crippen LogP contribution in [0.25, 0.3) is 83.8 Å². The normalized spacial score (nSPS) is 11.9. The fraction of sp³-hybridized carbons (Fsp3) is 0. The fourth-order valence-electron chi connectivity index (χ4n) is 8.20. The van der Waals surface area contributed by atoms with E-state index >= 15 is 0 Å². The zero-order valence-corrected chi connectivity index (χ0v) is 29.1. The highest BCUT2D eigenvalue weighted by Crippen LogP contribution is 2.51. The summed E-state index contributed by atoms with van der Waals surface area (Å²) in [7, 11) is 0. The van der Waals surface area contributed by atoms with Crippen LogP contribution in [0.4, 0.5) is 17.1 Å². The Labute approximate surface area is 302 Å². The number of hydrogen-bond donors (Lipinski definition) is 0. The lowest BCUT2D eigenvalue weighted by atomic mass is 9.90. The molecule has 2 heterocycles. The van der Waals surface area contributed by atoms with Crippen molar-refractivity contribution in [1.29, 1.82) is 0 Å². The summed E-state index contributed by atoms with van der Waals surface area (Å²) >= 11 is 3.77. The molecule has 0 amide bonds. The van der Waals surface area contributed by atoms with Crippen molar-refractivity contribution in [3.05, 3.63) is 176 Å². The Bertz CT molecular complexity index is 3050. The number of fused-ring (bicyclic) bond motifs is 10. The standard InChI is InChI=1S/C48H29NS2/c1-2-14-31-30(13-1)29-41(34-17-4-3-15-32(31)34)35-27-28-42(36-18-6-5-16-33(35)36)49(43-23-11-21-39-37-19-7-9-25-45(37)50-47(39)43)44-24-12-22-40-38-20-8-10-26-46(38)51-48(40)44/h1-29H. The monoisotopic (exact) mass is 683 g/mol. The summed E-state index contributed by atoms with van der Waals surface area (Å²) in [6.45, 7) is 0. The lowest BCUT2D eigenvalue weighted by Crippen LogP contribution is -2.11. The lowest BCUT2D eigenvalue weighted by molar-refractivity contribution is 1.34. The van der Waals surface area contributed by atoms with Crippen LogP contribution in [0.3, 0.4) is 0 Å². The van der Waals surface area contributed by atoms with Gasteiger partial charge in [0.1, 0.15) is 0 Å². The molecule has 11 rings (SSSR count). The van der Waals surface area contributed by atoms with Crippen LogP contribution >= 0.6 is 22.7 Å². The SMILES string of the molecule is c1ccc2c(c1)cc(-c1ccc(N(c3cccc4c3sc3ccccc34)c3cccc4c3sc3ccccc34)c3ccccc13)c1ccccc12. The van der Waals surface area contributed by atoms with Gasteiger partial charge in [-0.1, -0.05) is 140 Å². The van der Waals surface area contributed by atoms with Gasteiger partial charge in [-0.15, -0.1) is 22.7 Å². The van der Waals surface area contributed by atoms with Crippen molar-refractivity contribution in [3.8, 4) is 11.1 Å². The molecule has 0 aliphatic rings. The zero-order chi connectivity index (χ0) is 33.5. The van der Waals surface area contributed by atoms with Crippen LogP contribution < -0.4 is 4.90 Å².